The van der Waals surface area contributed by atoms with Gasteiger partial charge < -0.3 is 14.5 Å². The van der Waals surface area contributed by atoms with Crippen molar-refractivity contribution < 1.29 is 23.1 Å². The lowest BCUT2D eigenvalue weighted by Gasteiger charge is -2.35. The van der Waals surface area contributed by atoms with Crippen molar-refractivity contribution in [3.8, 4) is 5.75 Å². The molecule has 0 spiro atoms. The van der Waals surface area contributed by atoms with Gasteiger partial charge in [-0.3, -0.25) is 14.9 Å². The molecule has 0 saturated carbocycles. The molecule has 1 aromatic carbocycles. The van der Waals surface area contributed by atoms with Crippen LogP contribution in [-0.2, 0) is 9.59 Å². The summed E-state index contributed by atoms with van der Waals surface area (Å²) in [7, 11) is 0. The zero-order valence-corrected chi connectivity index (χ0v) is 15.9. The van der Waals surface area contributed by atoms with Crippen molar-refractivity contribution in [2.24, 2.45) is 0 Å². The van der Waals surface area contributed by atoms with Crippen LogP contribution in [0.5, 0.6) is 5.75 Å². The summed E-state index contributed by atoms with van der Waals surface area (Å²) in [5.74, 6) is -2.66. The minimum Gasteiger partial charge on any atom is -0.484 e. The molecule has 2 amide bonds. The highest BCUT2D eigenvalue weighted by molar-refractivity contribution is 5.85. The van der Waals surface area contributed by atoms with E-state index in [1.54, 1.807) is 9.80 Å². The fraction of sp³-hybridized carbons (Fsp3) is 0.556. The fourth-order valence-electron chi connectivity index (χ4n) is 3.16. The number of ether oxygens (including phenoxy) is 1. The Morgan fingerprint density at radius 3 is 2.30 bits per heavy atom. The van der Waals surface area contributed by atoms with E-state index in [1.807, 2.05) is 31.2 Å². The lowest BCUT2D eigenvalue weighted by molar-refractivity contribution is -0.141. The third kappa shape index (κ3) is 5.52. The normalized spacial score (nSPS) is 21.5. The van der Waals surface area contributed by atoms with Crippen LogP contribution in [0.2, 0.25) is 0 Å². The second-order valence-corrected chi connectivity index (χ2v) is 6.80. The van der Waals surface area contributed by atoms with E-state index in [1.165, 1.54) is 0 Å². The molecular weight excluding hydrogens is 380 g/mol. The average Bonchev–Trinajstić information content (AvgIpc) is 3.00. The Balaban J connectivity index is 0.00000261. The monoisotopic (exact) mass is 403 g/mol. The molecule has 0 radical (unpaired) electrons. The summed E-state index contributed by atoms with van der Waals surface area (Å²) in [5.41, 5.74) is 1.11. The van der Waals surface area contributed by atoms with Crippen LogP contribution in [0, 0.1) is 6.92 Å². The largest absolute Gasteiger partial charge is 0.484 e. The van der Waals surface area contributed by atoms with Gasteiger partial charge in [0.05, 0.1) is 12.6 Å². The first-order valence-electron chi connectivity index (χ1n) is 8.71. The van der Waals surface area contributed by atoms with Crippen LogP contribution in [0.4, 0.5) is 8.78 Å². The van der Waals surface area contributed by atoms with E-state index >= 15 is 0 Å². The number of halogens is 3. The standard InChI is InChI=1S/C18H23F2N3O3.ClH/c1-13-2-4-14(5-3-13)26-11-16(24)22-6-8-23(9-7-22)17(25)15-10-18(19,20)12-21-15;/h2-5,15,21H,6-12H2,1H3;1H. The molecule has 150 valence electrons. The number of benzene rings is 1. The van der Waals surface area contributed by atoms with Gasteiger partial charge in [0.1, 0.15) is 5.75 Å². The summed E-state index contributed by atoms with van der Waals surface area (Å²) in [6, 6.07) is 6.60. The highest BCUT2D eigenvalue weighted by Gasteiger charge is 2.43. The van der Waals surface area contributed by atoms with Gasteiger partial charge in [-0.1, -0.05) is 17.7 Å². The van der Waals surface area contributed by atoms with Crippen molar-refractivity contribution in [2.45, 2.75) is 25.3 Å². The van der Waals surface area contributed by atoms with Crippen molar-refractivity contribution in [1.82, 2.24) is 15.1 Å². The van der Waals surface area contributed by atoms with E-state index in [0.29, 0.717) is 31.9 Å². The summed E-state index contributed by atoms with van der Waals surface area (Å²) >= 11 is 0. The van der Waals surface area contributed by atoms with E-state index in [4.69, 9.17) is 4.74 Å². The predicted octanol–water partition coefficient (Wildman–Crippen LogP) is 1.46. The van der Waals surface area contributed by atoms with Crippen LogP contribution in [0.25, 0.3) is 0 Å². The van der Waals surface area contributed by atoms with E-state index in [9.17, 15) is 18.4 Å². The number of piperazine rings is 1. The Bertz CT molecular complexity index is 664. The molecule has 1 aromatic rings. The summed E-state index contributed by atoms with van der Waals surface area (Å²) in [5, 5.41) is 2.58. The van der Waals surface area contributed by atoms with E-state index in [0.717, 1.165) is 5.56 Å². The molecular formula is C18H24ClF2N3O3. The topological polar surface area (TPSA) is 61.9 Å². The third-order valence-corrected chi connectivity index (χ3v) is 4.74. The van der Waals surface area contributed by atoms with Gasteiger partial charge in [0, 0.05) is 32.6 Å². The van der Waals surface area contributed by atoms with Gasteiger partial charge in [-0.15, -0.1) is 12.4 Å². The smallest absolute Gasteiger partial charge is 0.262 e. The zero-order chi connectivity index (χ0) is 18.7. The van der Waals surface area contributed by atoms with Gasteiger partial charge in [-0.05, 0) is 19.1 Å². The summed E-state index contributed by atoms with van der Waals surface area (Å²) in [4.78, 5) is 27.7. The number of aryl methyl sites for hydroxylation is 1. The maximum atomic E-state index is 13.2. The molecule has 6 nitrogen and oxygen atoms in total. The Labute approximate surface area is 163 Å². The minimum atomic E-state index is -2.83. The Morgan fingerprint density at radius 2 is 1.74 bits per heavy atom. The van der Waals surface area contributed by atoms with E-state index < -0.39 is 24.9 Å². The molecule has 2 fully saturated rings. The van der Waals surface area contributed by atoms with Crippen molar-refractivity contribution in [1.29, 1.82) is 0 Å². The Hall–Kier alpha value is -1.93. The van der Waals surface area contributed by atoms with Crippen LogP contribution in [-0.4, -0.2) is 72.9 Å². The second kappa shape index (κ2) is 8.84. The molecule has 0 aliphatic carbocycles. The van der Waals surface area contributed by atoms with Gasteiger partial charge in [-0.25, -0.2) is 8.78 Å². The van der Waals surface area contributed by atoms with Crippen molar-refractivity contribution in [3.05, 3.63) is 29.8 Å². The number of carbonyl (C=O) groups excluding carboxylic acids is 2. The maximum Gasteiger partial charge on any atom is 0.262 e. The molecule has 2 aliphatic rings. The van der Waals surface area contributed by atoms with E-state index in [-0.39, 0.29) is 30.8 Å². The highest BCUT2D eigenvalue weighted by Crippen LogP contribution is 2.26. The third-order valence-electron chi connectivity index (χ3n) is 4.74. The molecule has 1 unspecified atom stereocenters. The number of nitrogens with one attached hydrogen (secondary N) is 1. The number of carbonyl (C=O) groups is 2. The molecule has 3 rings (SSSR count). The first-order valence-corrected chi connectivity index (χ1v) is 8.71. The van der Waals surface area contributed by atoms with Gasteiger partial charge >= 0.3 is 0 Å². The number of rotatable bonds is 4. The minimum absolute atomic E-state index is 0. The van der Waals surface area contributed by atoms with Crippen molar-refractivity contribution >= 4 is 24.2 Å². The molecule has 27 heavy (non-hydrogen) atoms. The Kier molecular flexibility index (Phi) is 7.00. The first-order chi connectivity index (χ1) is 12.3. The van der Waals surface area contributed by atoms with Crippen LogP contribution in [0.15, 0.2) is 24.3 Å². The van der Waals surface area contributed by atoms with Crippen molar-refractivity contribution in [2.75, 3.05) is 39.3 Å². The molecule has 2 aliphatic heterocycles. The highest BCUT2D eigenvalue weighted by atomic mass is 35.5. The van der Waals surface area contributed by atoms with Gasteiger partial charge in [0.15, 0.2) is 6.61 Å². The molecule has 0 bridgehead atoms. The van der Waals surface area contributed by atoms with Crippen molar-refractivity contribution in [3.63, 3.8) is 0 Å². The first kappa shape index (κ1) is 21.4. The van der Waals surface area contributed by atoms with Gasteiger partial charge in [0.25, 0.3) is 11.8 Å². The van der Waals surface area contributed by atoms with Gasteiger partial charge in [0.2, 0.25) is 5.91 Å². The quantitative estimate of drug-likeness (QED) is 0.827. The SMILES string of the molecule is Cc1ccc(OCC(=O)N2CCN(C(=O)C3CC(F)(F)CN3)CC2)cc1.Cl. The lowest BCUT2D eigenvalue weighted by Crippen LogP contribution is -2.54. The maximum absolute atomic E-state index is 13.2. The Morgan fingerprint density at radius 1 is 1.15 bits per heavy atom. The van der Waals surface area contributed by atoms with Crippen LogP contribution in [0.3, 0.4) is 0 Å². The predicted molar refractivity (Wildman–Crippen MR) is 98.4 cm³/mol. The number of hydrogen-bond donors (Lipinski definition) is 1. The average molecular weight is 404 g/mol. The molecule has 0 aromatic heterocycles. The van der Waals surface area contributed by atoms with Crippen LogP contribution >= 0.6 is 12.4 Å². The summed E-state index contributed by atoms with van der Waals surface area (Å²) < 4.78 is 32.0. The molecule has 2 heterocycles. The summed E-state index contributed by atoms with van der Waals surface area (Å²) in [6.07, 6.45) is -0.463. The lowest BCUT2D eigenvalue weighted by atomic mass is 10.1. The molecule has 1 atom stereocenters. The van der Waals surface area contributed by atoms with Crippen LogP contribution < -0.4 is 10.1 Å². The number of amides is 2. The fourth-order valence-corrected chi connectivity index (χ4v) is 3.16. The van der Waals surface area contributed by atoms with E-state index in [2.05, 4.69) is 5.32 Å². The number of nitrogens with zero attached hydrogens (tertiary/aromatic N) is 2. The number of hydrogen-bond acceptors (Lipinski definition) is 4. The molecule has 1 N–H and O–H groups in total. The second-order valence-electron chi connectivity index (χ2n) is 6.80. The van der Waals surface area contributed by atoms with Gasteiger partial charge in [-0.2, -0.15) is 0 Å². The van der Waals surface area contributed by atoms with Crippen LogP contribution in [0.1, 0.15) is 12.0 Å². The molecule has 2 saturated heterocycles. The number of alkyl halides is 2. The molecule has 9 heteroatoms. The zero-order valence-electron chi connectivity index (χ0n) is 15.1. The summed E-state index contributed by atoms with van der Waals surface area (Å²) in [6.45, 7) is 2.90.